The van der Waals surface area contributed by atoms with Crippen LogP contribution in [0.2, 0.25) is 0 Å². The zero-order valence-electron chi connectivity index (χ0n) is 13.5. The molecule has 2 aromatic carbocycles. The Balaban J connectivity index is 2.01. The van der Waals surface area contributed by atoms with Gasteiger partial charge in [-0.3, -0.25) is 9.36 Å². The molecule has 0 aliphatic carbocycles. The fourth-order valence-electron chi connectivity index (χ4n) is 2.42. The van der Waals surface area contributed by atoms with Gasteiger partial charge in [0, 0.05) is 17.3 Å². The molecule has 25 heavy (non-hydrogen) atoms. The van der Waals surface area contributed by atoms with Crippen LogP contribution < -0.4 is 5.56 Å². The Bertz CT molecular complexity index is 961. The highest BCUT2D eigenvalue weighted by Gasteiger charge is 2.13. The Morgan fingerprint density at radius 3 is 2.84 bits per heavy atom. The first-order valence-electron chi connectivity index (χ1n) is 7.65. The van der Waals surface area contributed by atoms with Gasteiger partial charge in [-0.1, -0.05) is 45.9 Å². The van der Waals surface area contributed by atoms with E-state index in [4.69, 9.17) is 4.74 Å². The average molecular weight is 423 g/mol. The van der Waals surface area contributed by atoms with E-state index in [1.165, 1.54) is 17.8 Å². The standard InChI is InChI=1S/C18H16BrFN2O2S/c1-24-9-8-22-17(23)14-10-13(19)6-7-16(14)21-18(22)25-11-12-4-2-3-5-15(12)20/h2-7,10H,8-9,11H2,1H3. The van der Waals surface area contributed by atoms with E-state index < -0.39 is 0 Å². The lowest BCUT2D eigenvalue weighted by atomic mass is 10.2. The molecule has 0 bridgehead atoms. The quantitative estimate of drug-likeness (QED) is 0.440. The minimum Gasteiger partial charge on any atom is -0.383 e. The van der Waals surface area contributed by atoms with E-state index in [-0.39, 0.29) is 11.4 Å². The number of hydrogen-bond donors (Lipinski definition) is 0. The summed E-state index contributed by atoms with van der Waals surface area (Å²) in [5.41, 5.74) is 1.08. The summed E-state index contributed by atoms with van der Waals surface area (Å²) in [5.74, 6) is 0.138. The Morgan fingerprint density at radius 1 is 1.28 bits per heavy atom. The third-order valence-electron chi connectivity index (χ3n) is 3.71. The van der Waals surface area contributed by atoms with Crippen LogP contribution in [0.15, 0.2) is 56.9 Å². The summed E-state index contributed by atoms with van der Waals surface area (Å²) in [4.78, 5) is 17.4. The lowest BCUT2D eigenvalue weighted by Gasteiger charge is -2.13. The first-order chi connectivity index (χ1) is 12.1. The third-order valence-corrected chi connectivity index (χ3v) is 5.23. The highest BCUT2D eigenvalue weighted by molar-refractivity contribution is 9.10. The summed E-state index contributed by atoms with van der Waals surface area (Å²) in [5, 5.41) is 1.10. The average Bonchev–Trinajstić information content (AvgIpc) is 2.61. The van der Waals surface area contributed by atoms with Crippen molar-refractivity contribution in [1.82, 2.24) is 9.55 Å². The summed E-state index contributed by atoms with van der Waals surface area (Å²) >= 11 is 4.73. The molecule has 0 aliphatic heterocycles. The summed E-state index contributed by atoms with van der Waals surface area (Å²) in [6.45, 7) is 0.790. The zero-order valence-corrected chi connectivity index (χ0v) is 15.9. The number of rotatable bonds is 6. The van der Waals surface area contributed by atoms with Gasteiger partial charge in [-0.2, -0.15) is 0 Å². The first kappa shape index (κ1) is 18.1. The second kappa shape index (κ2) is 8.12. The number of benzene rings is 2. The predicted octanol–water partition coefficient (Wildman–Crippen LogP) is 4.24. The molecule has 0 fully saturated rings. The maximum atomic E-state index is 13.8. The molecule has 0 N–H and O–H groups in total. The van der Waals surface area contributed by atoms with E-state index in [9.17, 15) is 9.18 Å². The second-order valence-electron chi connectivity index (χ2n) is 5.39. The number of aromatic nitrogens is 2. The topological polar surface area (TPSA) is 44.1 Å². The van der Waals surface area contributed by atoms with Gasteiger partial charge in [0.05, 0.1) is 24.1 Å². The molecule has 0 unspecified atom stereocenters. The van der Waals surface area contributed by atoms with E-state index in [2.05, 4.69) is 20.9 Å². The normalized spacial score (nSPS) is 11.2. The van der Waals surface area contributed by atoms with E-state index in [1.54, 1.807) is 42.0 Å². The van der Waals surface area contributed by atoms with Gasteiger partial charge in [0.25, 0.3) is 5.56 Å². The van der Waals surface area contributed by atoms with E-state index >= 15 is 0 Å². The van der Waals surface area contributed by atoms with Crippen molar-refractivity contribution in [1.29, 1.82) is 0 Å². The minimum absolute atomic E-state index is 0.126. The number of thioether (sulfide) groups is 1. The maximum absolute atomic E-state index is 13.8. The van der Waals surface area contributed by atoms with Crippen LogP contribution in [0.25, 0.3) is 10.9 Å². The van der Waals surface area contributed by atoms with Gasteiger partial charge in [-0.05, 0) is 29.8 Å². The fraction of sp³-hybridized carbons (Fsp3) is 0.222. The van der Waals surface area contributed by atoms with E-state index in [0.29, 0.717) is 40.5 Å². The van der Waals surface area contributed by atoms with Crippen LogP contribution in [0.4, 0.5) is 4.39 Å². The minimum atomic E-state index is -0.259. The predicted molar refractivity (Wildman–Crippen MR) is 102 cm³/mol. The lowest BCUT2D eigenvalue weighted by molar-refractivity contribution is 0.183. The molecule has 0 saturated carbocycles. The van der Waals surface area contributed by atoms with Crippen LogP contribution in [0.1, 0.15) is 5.56 Å². The number of hydrogen-bond acceptors (Lipinski definition) is 4. The molecule has 1 aromatic heterocycles. The van der Waals surface area contributed by atoms with Gasteiger partial charge in [-0.25, -0.2) is 9.37 Å². The molecule has 0 amide bonds. The van der Waals surface area contributed by atoms with Gasteiger partial charge in [0.15, 0.2) is 5.16 Å². The fourth-order valence-corrected chi connectivity index (χ4v) is 3.79. The van der Waals surface area contributed by atoms with Gasteiger partial charge < -0.3 is 4.74 Å². The van der Waals surface area contributed by atoms with Crippen molar-refractivity contribution < 1.29 is 9.13 Å². The lowest BCUT2D eigenvalue weighted by Crippen LogP contribution is -2.25. The Hall–Kier alpha value is -1.70. The molecular weight excluding hydrogens is 407 g/mol. The number of methoxy groups -OCH3 is 1. The molecule has 0 atom stereocenters. The van der Waals surface area contributed by atoms with Crippen LogP contribution in [-0.4, -0.2) is 23.3 Å². The largest absolute Gasteiger partial charge is 0.383 e. The van der Waals surface area contributed by atoms with Crippen molar-refractivity contribution in [2.45, 2.75) is 17.5 Å². The smallest absolute Gasteiger partial charge is 0.262 e. The summed E-state index contributed by atoms with van der Waals surface area (Å²) < 4.78 is 21.4. The van der Waals surface area contributed by atoms with Crippen LogP contribution in [0, 0.1) is 5.82 Å². The molecule has 130 valence electrons. The Morgan fingerprint density at radius 2 is 2.08 bits per heavy atom. The van der Waals surface area contributed by atoms with Gasteiger partial charge in [-0.15, -0.1) is 0 Å². The Labute approximate surface area is 157 Å². The van der Waals surface area contributed by atoms with Gasteiger partial charge >= 0.3 is 0 Å². The van der Waals surface area contributed by atoms with Gasteiger partial charge in [0.1, 0.15) is 5.82 Å². The molecule has 0 spiro atoms. The van der Waals surface area contributed by atoms with Crippen LogP contribution in [-0.2, 0) is 17.0 Å². The molecule has 0 aliphatic rings. The first-order valence-corrected chi connectivity index (χ1v) is 9.43. The highest BCUT2D eigenvalue weighted by Crippen LogP contribution is 2.24. The Kier molecular flexibility index (Phi) is 5.88. The summed E-state index contributed by atoms with van der Waals surface area (Å²) in [6.07, 6.45) is 0. The van der Waals surface area contributed by atoms with Crippen molar-refractivity contribution in [2.24, 2.45) is 0 Å². The second-order valence-corrected chi connectivity index (χ2v) is 7.24. The van der Waals surface area contributed by atoms with Crippen LogP contribution in [0.3, 0.4) is 0 Å². The molecule has 0 saturated heterocycles. The van der Waals surface area contributed by atoms with Crippen molar-refractivity contribution in [3.63, 3.8) is 0 Å². The SMILES string of the molecule is COCCn1c(SCc2ccccc2F)nc2ccc(Br)cc2c1=O. The van der Waals surface area contributed by atoms with Crippen molar-refractivity contribution in [3.05, 3.63) is 68.7 Å². The van der Waals surface area contributed by atoms with Crippen LogP contribution in [0.5, 0.6) is 0 Å². The maximum Gasteiger partial charge on any atom is 0.262 e. The molecule has 3 rings (SSSR count). The number of nitrogens with zero attached hydrogens (tertiary/aromatic N) is 2. The molecule has 7 heteroatoms. The van der Waals surface area contributed by atoms with Crippen molar-refractivity contribution >= 4 is 38.6 Å². The zero-order chi connectivity index (χ0) is 17.8. The molecule has 1 heterocycles. The molecule has 0 radical (unpaired) electrons. The molecule has 4 nitrogen and oxygen atoms in total. The van der Waals surface area contributed by atoms with Crippen molar-refractivity contribution in [2.75, 3.05) is 13.7 Å². The number of halogens is 2. The molecular formula is C18H16BrFN2O2S. The number of ether oxygens (including phenoxy) is 1. The monoisotopic (exact) mass is 422 g/mol. The van der Waals surface area contributed by atoms with Gasteiger partial charge in [0.2, 0.25) is 0 Å². The number of fused-ring (bicyclic) bond motifs is 1. The third kappa shape index (κ3) is 4.11. The summed E-state index contributed by atoms with van der Waals surface area (Å²) in [7, 11) is 1.59. The van der Waals surface area contributed by atoms with Crippen molar-refractivity contribution in [3.8, 4) is 0 Å². The van der Waals surface area contributed by atoms with Crippen LogP contribution >= 0.6 is 27.7 Å². The molecule has 3 aromatic rings. The van der Waals surface area contributed by atoms with E-state index in [0.717, 1.165) is 4.47 Å². The summed E-state index contributed by atoms with van der Waals surface area (Å²) in [6, 6.07) is 12.0. The highest BCUT2D eigenvalue weighted by atomic mass is 79.9. The van der Waals surface area contributed by atoms with E-state index in [1.807, 2.05) is 6.07 Å².